The average Bonchev–Trinajstić information content (AvgIpc) is 2.37. The van der Waals surface area contributed by atoms with Crippen molar-refractivity contribution < 1.29 is 4.79 Å². The molecular formula is C14H21ClN2O. The van der Waals surface area contributed by atoms with Crippen LogP contribution < -0.4 is 11.1 Å². The summed E-state index contributed by atoms with van der Waals surface area (Å²) in [6.45, 7) is 5.90. The summed E-state index contributed by atoms with van der Waals surface area (Å²) in [5.41, 5.74) is 6.80. The van der Waals surface area contributed by atoms with E-state index in [0.717, 1.165) is 12.0 Å². The quantitative estimate of drug-likeness (QED) is 0.863. The van der Waals surface area contributed by atoms with Crippen LogP contribution in [0.3, 0.4) is 0 Å². The lowest BCUT2D eigenvalue weighted by Crippen LogP contribution is -2.45. The first kappa shape index (κ1) is 15.0. The van der Waals surface area contributed by atoms with Gasteiger partial charge in [0.05, 0.1) is 12.1 Å². The van der Waals surface area contributed by atoms with Crippen molar-refractivity contribution >= 4 is 17.5 Å². The van der Waals surface area contributed by atoms with Crippen LogP contribution in [-0.2, 0) is 4.79 Å². The van der Waals surface area contributed by atoms with Crippen LogP contribution >= 0.6 is 11.6 Å². The minimum atomic E-state index is -0.472. The van der Waals surface area contributed by atoms with Crippen molar-refractivity contribution in [2.75, 3.05) is 0 Å². The van der Waals surface area contributed by atoms with Crippen molar-refractivity contribution in [1.29, 1.82) is 0 Å². The number of amides is 1. The summed E-state index contributed by atoms with van der Waals surface area (Å²) in [5.74, 6) is 0.0419. The molecule has 0 saturated carbocycles. The van der Waals surface area contributed by atoms with E-state index in [9.17, 15) is 4.79 Å². The van der Waals surface area contributed by atoms with Gasteiger partial charge in [-0.2, -0.15) is 0 Å². The molecule has 1 amide bonds. The van der Waals surface area contributed by atoms with Gasteiger partial charge in [-0.25, -0.2) is 0 Å². The van der Waals surface area contributed by atoms with Gasteiger partial charge in [-0.1, -0.05) is 50.1 Å². The maximum atomic E-state index is 12.0. The van der Waals surface area contributed by atoms with Crippen LogP contribution in [0.4, 0.5) is 0 Å². The molecule has 1 aromatic rings. The van der Waals surface area contributed by atoms with Gasteiger partial charge in [-0.05, 0) is 24.5 Å². The van der Waals surface area contributed by atoms with Crippen molar-refractivity contribution in [3.8, 4) is 0 Å². The lowest BCUT2D eigenvalue weighted by atomic mass is 9.98. The summed E-state index contributed by atoms with van der Waals surface area (Å²) in [6, 6.07) is 6.88. The van der Waals surface area contributed by atoms with Crippen LogP contribution in [0, 0.1) is 5.92 Å². The molecule has 0 saturated heterocycles. The van der Waals surface area contributed by atoms with Gasteiger partial charge in [-0.3, -0.25) is 4.79 Å². The SMILES string of the molecule is CC[C@H](C)[C@H](N)C(=O)N[C@@H](C)c1ccccc1Cl. The highest BCUT2D eigenvalue weighted by Crippen LogP contribution is 2.22. The lowest BCUT2D eigenvalue weighted by molar-refractivity contribution is -0.124. The second-order valence-electron chi connectivity index (χ2n) is 4.66. The number of carbonyl (C=O) groups is 1. The van der Waals surface area contributed by atoms with Crippen LogP contribution in [0.25, 0.3) is 0 Å². The zero-order chi connectivity index (χ0) is 13.7. The second-order valence-corrected chi connectivity index (χ2v) is 5.07. The van der Waals surface area contributed by atoms with E-state index >= 15 is 0 Å². The van der Waals surface area contributed by atoms with Gasteiger partial charge in [-0.15, -0.1) is 0 Å². The standard InChI is InChI=1S/C14H21ClN2O/c1-4-9(2)13(16)14(18)17-10(3)11-7-5-6-8-12(11)15/h5-10,13H,4,16H2,1-3H3,(H,17,18)/t9-,10-,13-/m0/s1. The Morgan fingerprint density at radius 1 is 1.39 bits per heavy atom. The van der Waals surface area contributed by atoms with E-state index in [0.29, 0.717) is 5.02 Å². The molecule has 0 spiro atoms. The van der Waals surface area contributed by atoms with Gasteiger partial charge in [0.1, 0.15) is 0 Å². The van der Waals surface area contributed by atoms with E-state index in [4.69, 9.17) is 17.3 Å². The molecule has 0 aliphatic heterocycles. The van der Waals surface area contributed by atoms with Crippen LogP contribution in [0.1, 0.15) is 38.8 Å². The molecule has 18 heavy (non-hydrogen) atoms. The molecule has 4 heteroatoms. The zero-order valence-corrected chi connectivity index (χ0v) is 11.9. The highest BCUT2D eigenvalue weighted by atomic mass is 35.5. The van der Waals surface area contributed by atoms with Crippen LogP contribution in [0.2, 0.25) is 5.02 Å². The van der Waals surface area contributed by atoms with Crippen molar-refractivity contribution in [2.24, 2.45) is 11.7 Å². The van der Waals surface area contributed by atoms with E-state index < -0.39 is 6.04 Å². The average molecular weight is 269 g/mol. The minimum absolute atomic E-state index is 0.128. The van der Waals surface area contributed by atoms with Crippen molar-refractivity contribution in [3.05, 3.63) is 34.9 Å². The molecule has 0 heterocycles. The van der Waals surface area contributed by atoms with E-state index in [1.165, 1.54) is 0 Å². The zero-order valence-electron chi connectivity index (χ0n) is 11.1. The van der Waals surface area contributed by atoms with Gasteiger partial charge in [0.25, 0.3) is 0 Å². The van der Waals surface area contributed by atoms with E-state index in [-0.39, 0.29) is 17.9 Å². The fourth-order valence-corrected chi connectivity index (χ4v) is 2.03. The van der Waals surface area contributed by atoms with Crippen molar-refractivity contribution in [1.82, 2.24) is 5.32 Å². The monoisotopic (exact) mass is 268 g/mol. The predicted octanol–water partition coefficient (Wildman–Crippen LogP) is 2.89. The molecule has 3 atom stereocenters. The molecular weight excluding hydrogens is 248 g/mol. The van der Waals surface area contributed by atoms with E-state index in [2.05, 4.69) is 5.32 Å². The van der Waals surface area contributed by atoms with Crippen LogP contribution in [-0.4, -0.2) is 11.9 Å². The molecule has 0 fully saturated rings. The van der Waals surface area contributed by atoms with Gasteiger partial charge in [0, 0.05) is 5.02 Å². The summed E-state index contributed by atoms with van der Waals surface area (Å²) in [7, 11) is 0. The van der Waals surface area contributed by atoms with Gasteiger partial charge in [0.15, 0.2) is 0 Å². The Morgan fingerprint density at radius 3 is 2.56 bits per heavy atom. The Bertz CT molecular complexity index is 409. The first-order chi connectivity index (χ1) is 8.47. The van der Waals surface area contributed by atoms with Crippen molar-refractivity contribution in [3.63, 3.8) is 0 Å². The number of carbonyl (C=O) groups excluding carboxylic acids is 1. The molecule has 0 radical (unpaired) electrons. The van der Waals surface area contributed by atoms with Gasteiger partial charge < -0.3 is 11.1 Å². The van der Waals surface area contributed by atoms with Crippen LogP contribution in [0.5, 0.6) is 0 Å². The normalized spacial score (nSPS) is 15.8. The molecule has 0 aromatic heterocycles. The largest absolute Gasteiger partial charge is 0.348 e. The lowest BCUT2D eigenvalue weighted by Gasteiger charge is -2.21. The molecule has 0 unspecified atom stereocenters. The molecule has 0 aliphatic rings. The second kappa shape index (κ2) is 6.76. The Kier molecular flexibility index (Phi) is 5.63. The number of rotatable bonds is 5. The molecule has 0 bridgehead atoms. The highest BCUT2D eigenvalue weighted by Gasteiger charge is 2.21. The number of nitrogens with two attached hydrogens (primary N) is 1. The first-order valence-electron chi connectivity index (χ1n) is 6.27. The molecule has 0 aliphatic carbocycles. The van der Waals surface area contributed by atoms with Gasteiger partial charge >= 0.3 is 0 Å². The summed E-state index contributed by atoms with van der Waals surface area (Å²) in [5, 5.41) is 3.56. The summed E-state index contributed by atoms with van der Waals surface area (Å²) >= 11 is 6.09. The Balaban J connectivity index is 2.68. The summed E-state index contributed by atoms with van der Waals surface area (Å²) < 4.78 is 0. The summed E-state index contributed by atoms with van der Waals surface area (Å²) in [6.07, 6.45) is 0.884. The Hall–Kier alpha value is -1.06. The molecule has 3 nitrogen and oxygen atoms in total. The molecule has 3 N–H and O–H groups in total. The maximum absolute atomic E-state index is 12.0. The fourth-order valence-electron chi connectivity index (χ4n) is 1.73. The number of halogens is 1. The highest BCUT2D eigenvalue weighted by molar-refractivity contribution is 6.31. The number of benzene rings is 1. The number of nitrogens with one attached hydrogen (secondary N) is 1. The van der Waals surface area contributed by atoms with Gasteiger partial charge in [0.2, 0.25) is 5.91 Å². The fraction of sp³-hybridized carbons (Fsp3) is 0.500. The number of hydrogen-bond acceptors (Lipinski definition) is 2. The summed E-state index contributed by atoms with van der Waals surface area (Å²) in [4.78, 5) is 12.0. The van der Waals surface area contributed by atoms with E-state index in [1.807, 2.05) is 45.0 Å². The third-order valence-corrected chi connectivity index (χ3v) is 3.63. The Morgan fingerprint density at radius 2 is 2.00 bits per heavy atom. The smallest absolute Gasteiger partial charge is 0.237 e. The van der Waals surface area contributed by atoms with Crippen molar-refractivity contribution in [2.45, 2.75) is 39.3 Å². The molecule has 1 aromatic carbocycles. The third-order valence-electron chi connectivity index (χ3n) is 3.29. The predicted molar refractivity (Wildman–Crippen MR) is 75.4 cm³/mol. The van der Waals surface area contributed by atoms with Crippen LogP contribution in [0.15, 0.2) is 24.3 Å². The third kappa shape index (κ3) is 3.72. The molecule has 1 rings (SSSR count). The maximum Gasteiger partial charge on any atom is 0.237 e. The molecule has 100 valence electrons. The Labute approximate surface area is 114 Å². The minimum Gasteiger partial charge on any atom is -0.348 e. The number of hydrogen-bond donors (Lipinski definition) is 2. The topological polar surface area (TPSA) is 55.1 Å². The van der Waals surface area contributed by atoms with E-state index in [1.54, 1.807) is 0 Å². The first-order valence-corrected chi connectivity index (χ1v) is 6.65.